The van der Waals surface area contributed by atoms with Gasteiger partial charge in [0.05, 0.1) is 33.3 Å². The molecular weight excluding hydrogens is 456 g/mol. The molecule has 0 aliphatic rings. The van der Waals surface area contributed by atoms with Crippen molar-refractivity contribution < 1.29 is 4.42 Å². The number of para-hydroxylation sites is 1. The van der Waals surface area contributed by atoms with E-state index in [1.807, 2.05) is 64.7 Å². The van der Waals surface area contributed by atoms with Gasteiger partial charge in [0, 0.05) is 33.3 Å². The monoisotopic (exact) mass is 468 g/mol. The van der Waals surface area contributed by atoms with Gasteiger partial charge in [-0.15, -0.1) is 11.3 Å². The SMILES string of the molecule is O=c1oc2ncccc2c2c3c4ncsc4ccc3n(Cc3cc4ccccc4nc3Cl)c12. The van der Waals surface area contributed by atoms with E-state index in [4.69, 9.17) is 16.0 Å². The van der Waals surface area contributed by atoms with Crippen LogP contribution in [0.3, 0.4) is 0 Å². The Labute approximate surface area is 194 Å². The maximum Gasteiger partial charge on any atom is 0.362 e. The van der Waals surface area contributed by atoms with Crippen molar-refractivity contribution in [2.24, 2.45) is 0 Å². The average molecular weight is 469 g/mol. The van der Waals surface area contributed by atoms with E-state index in [1.54, 1.807) is 17.5 Å². The number of pyridine rings is 2. The number of fused-ring (bicyclic) bond motifs is 8. The van der Waals surface area contributed by atoms with Gasteiger partial charge < -0.3 is 8.98 Å². The lowest BCUT2D eigenvalue weighted by atomic mass is 10.1. The number of nitrogens with zero attached hydrogens (tertiary/aromatic N) is 4. The van der Waals surface area contributed by atoms with Gasteiger partial charge in [-0.05, 0) is 36.4 Å². The Kier molecular flexibility index (Phi) is 3.88. The molecule has 33 heavy (non-hydrogen) atoms. The van der Waals surface area contributed by atoms with Gasteiger partial charge in [0.2, 0.25) is 5.71 Å². The molecule has 0 saturated carbocycles. The van der Waals surface area contributed by atoms with Crippen LogP contribution in [0.15, 0.2) is 75.5 Å². The Balaban J connectivity index is 1.63. The molecule has 0 N–H and O–H groups in total. The summed E-state index contributed by atoms with van der Waals surface area (Å²) in [5.74, 6) is 0. The lowest BCUT2D eigenvalue weighted by molar-refractivity contribution is 0.553. The fourth-order valence-electron chi connectivity index (χ4n) is 4.62. The standard InChI is InChI=1S/C25H13ClN4O2S/c26-23-14(10-13-4-1-2-6-16(13)29-23)11-30-17-7-8-18-21(28-12-33-18)20(17)19-15-5-3-9-27-24(15)32-25(31)22(19)30/h1-10,12H,11H2. The molecule has 8 heteroatoms. The normalized spacial score (nSPS) is 12.0. The van der Waals surface area contributed by atoms with Gasteiger partial charge in [-0.2, -0.15) is 0 Å². The second-order valence-corrected chi connectivity index (χ2v) is 9.09. The van der Waals surface area contributed by atoms with Crippen molar-refractivity contribution >= 4 is 77.0 Å². The largest absolute Gasteiger partial charge is 0.402 e. The first-order valence-electron chi connectivity index (χ1n) is 10.3. The van der Waals surface area contributed by atoms with Gasteiger partial charge in [-0.25, -0.2) is 19.7 Å². The lowest BCUT2D eigenvalue weighted by Gasteiger charge is -2.10. The Hall–Kier alpha value is -3.81. The number of rotatable bonds is 2. The van der Waals surface area contributed by atoms with E-state index in [-0.39, 0.29) is 0 Å². The smallest absolute Gasteiger partial charge is 0.362 e. The van der Waals surface area contributed by atoms with Crippen LogP contribution >= 0.6 is 22.9 Å². The summed E-state index contributed by atoms with van der Waals surface area (Å²) in [4.78, 5) is 26.7. The summed E-state index contributed by atoms with van der Waals surface area (Å²) in [5.41, 5.74) is 5.55. The summed E-state index contributed by atoms with van der Waals surface area (Å²) in [7, 11) is 0. The van der Waals surface area contributed by atoms with Crippen LogP contribution in [0.25, 0.3) is 54.0 Å². The highest BCUT2D eigenvalue weighted by atomic mass is 35.5. The first-order chi connectivity index (χ1) is 16.2. The molecule has 7 aromatic rings. The zero-order valence-electron chi connectivity index (χ0n) is 16.9. The van der Waals surface area contributed by atoms with E-state index in [2.05, 4.69) is 15.0 Å². The number of hydrogen-bond acceptors (Lipinski definition) is 6. The molecule has 6 nitrogen and oxygen atoms in total. The molecule has 0 aliphatic carbocycles. The molecule has 0 bridgehead atoms. The number of thiazole rings is 1. The van der Waals surface area contributed by atoms with Crippen LogP contribution in [0.2, 0.25) is 5.15 Å². The average Bonchev–Trinajstić information content (AvgIpc) is 3.43. The van der Waals surface area contributed by atoms with Gasteiger partial charge in [-0.3, -0.25) is 0 Å². The minimum absolute atomic E-state index is 0.312. The van der Waals surface area contributed by atoms with Crippen molar-refractivity contribution in [1.82, 2.24) is 19.5 Å². The third-order valence-corrected chi connectivity index (χ3v) is 7.15. The summed E-state index contributed by atoms with van der Waals surface area (Å²) >= 11 is 8.16. The Bertz CT molecular complexity index is 1950. The number of aromatic nitrogens is 4. The van der Waals surface area contributed by atoms with Crippen molar-refractivity contribution in [1.29, 1.82) is 0 Å². The molecule has 0 unspecified atom stereocenters. The predicted molar refractivity (Wildman–Crippen MR) is 132 cm³/mol. The maximum absolute atomic E-state index is 13.3. The van der Waals surface area contributed by atoms with Crippen molar-refractivity contribution in [2.75, 3.05) is 0 Å². The van der Waals surface area contributed by atoms with Crippen LogP contribution in [0.1, 0.15) is 5.56 Å². The Morgan fingerprint density at radius 3 is 2.88 bits per heavy atom. The van der Waals surface area contributed by atoms with Crippen LogP contribution in [-0.2, 0) is 6.54 Å². The topological polar surface area (TPSA) is 73.8 Å². The molecule has 0 spiro atoms. The minimum Gasteiger partial charge on any atom is -0.402 e. The fraction of sp³-hybridized carbons (Fsp3) is 0.0400. The molecule has 0 fully saturated rings. The van der Waals surface area contributed by atoms with Gasteiger partial charge in [0.15, 0.2) is 0 Å². The van der Waals surface area contributed by atoms with Gasteiger partial charge in [-0.1, -0.05) is 29.8 Å². The zero-order chi connectivity index (χ0) is 22.1. The Morgan fingerprint density at radius 1 is 1.03 bits per heavy atom. The summed E-state index contributed by atoms with van der Waals surface area (Å²) in [6.07, 6.45) is 1.62. The third kappa shape index (κ3) is 2.66. The van der Waals surface area contributed by atoms with Crippen LogP contribution in [0.4, 0.5) is 0 Å². The van der Waals surface area contributed by atoms with E-state index < -0.39 is 5.63 Å². The summed E-state index contributed by atoms with van der Waals surface area (Å²) < 4.78 is 8.63. The van der Waals surface area contributed by atoms with E-state index in [0.717, 1.165) is 48.4 Å². The quantitative estimate of drug-likeness (QED) is 0.284. The summed E-state index contributed by atoms with van der Waals surface area (Å²) in [6.45, 7) is 0.364. The minimum atomic E-state index is -0.444. The number of hydrogen-bond donors (Lipinski definition) is 0. The molecule has 5 heterocycles. The van der Waals surface area contributed by atoms with E-state index in [1.165, 1.54) is 0 Å². The molecule has 0 atom stereocenters. The van der Waals surface area contributed by atoms with Crippen molar-refractivity contribution in [3.63, 3.8) is 0 Å². The highest BCUT2D eigenvalue weighted by molar-refractivity contribution is 7.16. The molecule has 0 saturated heterocycles. The lowest BCUT2D eigenvalue weighted by Crippen LogP contribution is -2.09. The number of halogens is 1. The van der Waals surface area contributed by atoms with Crippen LogP contribution < -0.4 is 5.63 Å². The maximum atomic E-state index is 13.3. The van der Waals surface area contributed by atoms with Crippen LogP contribution in [0, 0.1) is 0 Å². The van der Waals surface area contributed by atoms with Crippen LogP contribution in [0.5, 0.6) is 0 Å². The summed E-state index contributed by atoms with van der Waals surface area (Å²) in [5, 5.41) is 3.89. The second-order valence-electron chi connectivity index (χ2n) is 7.85. The first kappa shape index (κ1) is 18.7. The Morgan fingerprint density at radius 2 is 1.94 bits per heavy atom. The van der Waals surface area contributed by atoms with E-state index in [0.29, 0.717) is 22.9 Å². The molecule has 7 rings (SSSR count). The molecule has 0 radical (unpaired) electrons. The highest BCUT2D eigenvalue weighted by Crippen LogP contribution is 2.38. The number of benzene rings is 2. The highest BCUT2D eigenvalue weighted by Gasteiger charge is 2.22. The fourth-order valence-corrected chi connectivity index (χ4v) is 5.51. The van der Waals surface area contributed by atoms with Gasteiger partial charge in [0.25, 0.3) is 0 Å². The third-order valence-electron chi connectivity index (χ3n) is 6.03. The molecular formula is C25H13ClN4O2S. The van der Waals surface area contributed by atoms with Gasteiger partial charge in [0.1, 0.15) is 10.7 Å². The molecule has 2 aromatic carbocycles. The van der Waals surface area contributed by atoms with E-state index in [9.17, 15) is 4.79 Å². The zero-order valence-corrected chi connectivity index (χ0v) is 18.5. The molecule has 5 aromatic heterocycles. The van der Waals surface area contributed by atoms with Crippen molar-refractivity contribution in [3.05, 3.63) is 87.4 Å². The van der Waals surface area contributed by atoms with Crippen LogP contribution in [-0.4, -0.2) is 19.5 Å². The van der Waals surface area contributed by atoms with E-state index >= 15 is 0 Å². The molecule has 158 valence electrons. The first-order valence-corrected chi connectivity index (χ1v) is 11.5. The summed E-state index contributed by atoms with van der Waals surface area (Å²) in [6, 6.07) is 17.7. The van der Waals surface area contributed by atoms with Gasteiger partial charge >= 0.3 is 5.63 Å². The van der Waals surface area contributed by atoms with Crippen molar-refractivity contribution in [3.8, 4) is 0 Å². The molecule has 0 aliphatic heterocycles. The predicted octanol–water partition coefficient (Wildman–Crippen LogP) is 6.16. The second kappa shape index (κ2) is 6.84. The molecule has 0 amide bonds. The van der Waals surface area contributed by atoms with Crippen molar-refractivity contribution in [2.45, 2.75) is 6.54 Å².